The molecule has 0 spiro atoms. The molecule has 0 aromatic carbocycles. The topological polar surface area (TPSA) is 64.1 Å². The minimum Gasteiger partial charge on any atom is -0.320 e. The Kier molecular flexibility index (Phi) is 21.7. The van der Waals surface area contributed by atoms with Crippen molar-refractivity contribution in [2.24, 2.45) is 11.7 Å². The van der Waals surface area contributed by atoms with Crippen LogP contribution >= 0.6 is 0 Å². The van der Waals surface area contributed by atoms with Crippen LogP contribution in [0.3, 0.4) is 0 Å². The number of nitrogens with one attached hydrogen (secondary N) is 1. The minimum absolute atomic E-state index is 1.19. The van der Waals surface area contributed by atoms with Crippen molar-refractivity contribution < 1.29 is 0 Å². The van der Waals surface area contributed by atoms with Crippen LogP contribution in [0.4, 0.5) is 0 Å². The second-order valence-corrected chi connectivity index (χ2v) is 3.58. The van der Waals surface area contributed by atoms with Gasteiger partial charge in [0.25, 0.3) is 0 Å². The van der Waals surface area contributed by atoms with E-state index in [0.717, 1.165) is 0 Å². The number of hydrogen-bond donors (Lipinski definition) is 3. The van der Waals surface area contributed by atoms with Crippen LogP contribution in [-0.4, -0.2) is 13.6 Å². The first-order chi connectivity index (χ1) is 6.91. The van der Waals surface area contributed by atoms with Crippen LogP contribution < -0.4 is 17.0 Å². The van der Waals surface area contributed by atoms with Crippen molar-refractivity contribution in [2.45, 2.75) is 58.3 Å². The molecule has 0 atom stereocenters. The summed E-state index contributed by atoms with van der Waals surface area (Å²) in [6, 6.07) is 0. The second kappa shape index (κ2) is 18.6. The van der Waals surface area contributed by atoms with E-state index in [2.05, 4.69) is 23.9 Å². The molecule has 0 amide bonds. The summed E-state index contributed by atoms with van der Waals surface area (Å²) in [5.74, 6) is 8.00. The quantitative estimate of drug-likeness (QED) is 0.306. The fourth-order valence-corrected chi connectivity index (χ4v) is 1.44. The van der Waals surface area contributed by atoms with E-state index in [1.807, 2.05) is 7.05 Å². The number of hydrogen-bond acceptors (Lipinski definition) is 3. The second-order valence-electron chi connectivity index (χ2n) is 3.58. The van der Waals surface area contributed by atoms with E-state index < -0.39 is 0 Å². The molecule has 0 saturated heterocycles. The molecule has 0 aromatic heterocycles. The lowest BCUT2D eigenvalue weighted by atomic mass is 10.1. The molecular weight excluding hydrogens is 174 g/mol. The van der Waals surface area contributed by atoms with Gasteiger partial charge < -0.3 is 5.32 Å². The molecular formula is C11H29N3. The lowest BCUT2D eigenvalue weighted by molar-refractivity contribution is 0.567. The molecule has 0 bridgehead atoms. The number of rotatable bonds is 9. The van der Waals surface area contributed by atoms with Crippen LogP contribution in [0.2, 0.25) is 0 Å². The summed E-state index contributed by atoms with van der Waals surface area (Å²) in [5.41, 5.74) is 0. The van der Waals surface area contributed by atoms with Crippen LogP contribution in [-0.2, 0) is 0 Å². The third-order valence-electron chi connectivity index (χ3n) is 2.28. The standard InChI is InChI=1S/C11H25N.H4N2/c1-3-4-5-6-7-8-9-10-11-12-2;1-2/h12H,3-11H2,1-2H3;1-2H2. The third-order valence-corrected chi connectivity index (χ3v) is 2.28. The monoisotopic (exact) mass is 203 g/mol. The summed E-state index contributed by atoms with van der Waals surface area (Å²) < 4.78 is 0. The van der Waals surface area contributed by atoms with Crippen molar-refractivity contribution in [1.29, 1.82) is 0 Å². The largest absolute Gasteiger partial charge is 0.320 e. The molecule has 88 valence electrons. The minimum atomic E-state index is 1.19. The summed E-state index contributed by atoms with van der Waals surface area (Å²) in [6.45, 7) is 3.46. The summed E-state index contributed by atoms with van der Waals surface area (Å²) in [7, 11) is 2.03. The van der Waals surface area contributed by atoms with E-state index in [1.54, 1.807) is 0 Å². The zero-order chi connectivity index (χ0) is 11.1. The molecule has 3 heteroatoms. The van der Waals surface area contributed by atoms with Gasteiger partial charge in [-0.05, 0) is 20.0 Å². The summed E-state index contributed by atoms with van der Waals surface area (Å²) >= 11 is 0. The van der Waals surface area contributed by atoms with Gasteiger partial charge in [-0.2, -0.15) is 0 Å². The van der Waals surface area contributed by atoms with Crippen LogP contribution in [0.25, 0.3) is 0 Å². The van der Waals surface area contributed by atoms with Gasteiger partial charge in [-0.15, -0.1) is 0 Å². The van der Waals surface area contributed by atoms with Gasteiger partial charge >= 0.3 is 0 Å². The Bertz CT molecular complexity index is 66.9. The molecule has 0 radical (unpaired) electrons. The first-order valence-corrected chi connectivity index (χ1v) is 5.89. The van der Waals surface area contributed by atoms with Crippen LogP contribution in [0, 0.1) is 0 Å². The summed E-state index contributed by atoms with van der Waals surface area (Å²) in [6.07, 6.45) is 11.3. The first-order valence-electron chi connectivity index (χ1n) is 5.89. The van der Waals surface area contributed by atoms with Crippen molar-refractivity contribution in [3.63, 3.8) is 0 Å². The molecule has 0 heterocycles. The highest BCUT2D eigenvalue weighted by molar-refractivity contribution is 4.46. The van der Waals surface area contributed by atoms with Crippen molar-refractivity contribution in [2.75, 3.05) is 13.6 Å². The summed E-state index contributed by atoms with van der Waals surface area (Å²) in [5, 5.41) is 3.18. The fourth-order valence-electron chi connectivity index (χ4n) is 1.44. The SMILES string of the molecule is CCCCCCCCCCNC.NN. The van der Waals surface area contributed by atoms with Gasteiger partial charge in [0.05, 0.1) is 0 Å². The Morgan fingerprint density at radius 3 is 1.64 bits per heavy atom. The van der Waals surface area contributed by atoms with Crippen LogP contribution in [0.5, 0.6) is 0 Å². The van der Waals surface area contributed by atoms with Crippen molar-refractivity contribution in [3.05, 3.63) is 0 Å². The highest BCUT2D eigenvalue weighted by Crippen LogP contribution is 2.07. The molecule has 14 heavy (non-hydrogen) atoms. The molecule has 0 rings (SSSR count). The molecule has 0 aliphatic heterocycles. The van der Waals surface area contributed by atoms with Gasteiger partial charge in [0.1, 0.15) is 0 Å². The zero-order valence-corrected chi connectivity index (χ0v) is 10.0. The predicted molar refractivity (Wildman–Crippen MR) is 64.9 cm³/mol. The van der Waals surface area contributed by atoms with Gasteiger partial charge in [-0.25, -0.2) is 0 Å². The third kappa shape index (κ3) is 17.8. The molecule has 0 aliphatic rings. The Morgan fingerprint density at radius 1 is 0.786 bits per heavy atom. The van der Waals surface area contributed by atoms with Crippen LogP contribution in [0.1, 0.15) is 58.3 Å². The Hall–Kier alpha value is -0.120. The number of nitrogens with two attached hydrogens (primary N) is 2. The van der Waals surface area contributed by atoms with E-state index in [4.69, 9.17) is 0 Å². The Balaban J connectivity index is 0. The number of unbranched alkanes of at least 4 members (excludes halogenated alkanes) is 7. The molecule has 0 fully saturated rings. The van der Waals surface area contributed by atoms with Gasteiger partial charge in [-0.1, -0.05) is 51.9 Å². The van der Waals surface area contributed by atoms with Gasteiger partial charge in [0.2, 0.25) is 0 Å². The zero-order valence-electron chi connectivity index (χ0n) is 10.0. The molecule has 0 saturated carbocycles. The van der Waals surface area contributed by atoms with E-state index in [1.165, 1.54) is 57.9 Å². The molecule has 0 aliphatic carbocycles. The van der Waals surface area contributed by atoms with Gasteiger partial charge in [0, 0.05) is 0 Å². The van der Waals surface area contributed by atoms with Crippen molar-refractivity contribution in [1.82, 2.24) is 5.32 Å². The summed E-state index contributed by atoms with van der Waals surface area (Å²) in [4.78, 5) is 0. The predicted octanol–water partition coefficient (Wildman–Crippen LogP) is 2.17. The highest BCUT2D eigenvalue weighted by Gasteiger charge is 1.89. The highest BCUT2D eigenvalue weighted by atomic mass is 15.0. The molecule has 5 N–H and O–H groups in total. The van der Waals surface area contributed by atoms with Gasteiger partial charge in [0.15, 0.2) is 0 Å². The smallest absolute Gasteiger partial charge is 0.00519 e. The maximum Gasteiger partial charge on any atom is -0.00519 e. The normalized spacial score (nSPS) is 9.43. The molecule has 0 unspecified atom stereocenters. The fraction of sp³-hybridized carbons (Fsp3) is 1.00. The average molecular weight is 203 g/mol. The maximum absolute atomic E-state index is 4.00. The van der Waals surface area contributed by atoms with Crippen molar-refractivity contribution in [3.8, 4) is 0 Å². The maximum atomic E-state index is 4.00. The van der Waals surface area contributed by atoms with E-state index in [9.17, 15) is 0 Å². The van der Waals surface area contributed by atoms with Crippen LogP contribution in [0.15, 0.2) is 0 Å². The lowest BCUT2D eigenvalue weighted by Gasteiger charge is -2.00. The Labute approximate surface area is 89.6 Å². The molecule has 0 aromatic rings. The molecule has 3 nitrogen and oxygen atoms in total. The first kappa shape index (κ1) is 16.3. The Morgan fingerprint density at radius 2 is 1.21 bits per heavy atom. The lowest BCUT2D eigenvalue weighted by Crippen LogP contribution is -2.06. The van der Waals surface area contributed by atoms with Crippen molar-refractivity contribution >= 4 is 0 Å². The van der Waals surface area contributed by atoms with E-state index in [-0.39, 0.29) is 0 Å². The van der Waals surface area contributed by atoms with Gasteiger partial charge in [-0.3, -0.25) is 11.7 Å². The van der Waals surface area contributed by atoms with E-state index >= 15 is 0 Å². The van der Waals surface area contributed by atoms with E-state index in [0.29, 0.717) is 0 Å². The number of hydrazine groups is 1. The average Bonchev–Trinajstić information content (AvgIpc) is 2.25.